The van der Waals surface area contributed by atoms with Gasteiger partial charge in [0.05, 0.1) is 28.5 Å². The summed E-state index contributed by atoms with van der Waals surface area (Å²) >= 11 is 0. The van der Waals surface area contributed by atoms with Gasteiger partial charge in [-0.3, -0.25) is 9.78 Å². The van der Waals surface area contributed by atoms with Crippen molar-refractivity contribution in [2.45, 2.75) is 0 Å². The number of carbonyl (C=O) groups is 1. The van der Waals surface area contributed by atoms with Crippen molar-refractivity contribution in [3.05, 3.63) is 115 Å². The van der Waals surface area contributed by atoms with Gasteiger partial charge in [0, 0.05) is 45.9 Å². The second kappa shape index (κ2) is 8.26. The first kappa shape index (κ1) is 19.8. The normalized spacial score (nSPS) is 11.5. The highest BCUT2D eigenvalue weighted by Crippen LogP contribution is 2.33. The Labute approximate surface area is 195 Å². The average Bonchev–Trinajstić information content (AvgIpc) is 3.26. The van der Waals surface area contributed by atoms with Crippen LogP contribution in [0.25, 0.3) is 38.4 Å². The van der Waals surface area contributed by atoms with Crippen LogP contribution in [-0.2, 0) is 0 Å². The number of hydrogen-bond donors (Lipinski definition) is 1. The van der Waals surface area contributed by atoms with Crippen LogP contribution in [-0.4, -0.2) is 26.7 Å². The zero-order valence-electron chi connectivity index (χ0n) is 18.1. The first-order chi connectivity index (χ1) is 16.8. The van der Waals surface area contributed by atoms with Crippen molar-refractivity contribution in [3.8, 4) is 5.69 Å². The second-order valence-corrected chi connectivity index (χ2v) is 7.90. The van der Waals surface area contributed by atoms with Gasteiger partial charge in [-0.2, -0.15) is 5.10 Å². The predicted octanol–water partition coefficient (Wildman–Crippen LogP) is 5.49. The fourth-order valence-corrected chi connectivity index (χ4v) is 4.30. The van der Waals surface area contributed by atoms with Crippen LogP contribution < -0.4 is 5.43 Å². The Kier molecular flexibility index (Phi) is 4.81. The minimum absolute atomic E-state index is 0.284. The highest BCUT2D eigenvalue weighted by molar-refractivity contribution is 6.07. The topological polar surface area (TPSA) is 72.2 Å². The van der Waals surface area contributed by atoms with E-state index < -0.39 is 0 Å². The highest BCUT2D eigenvalue weighted by Gasteiger charge is 2.15. The molecule has 1 N–H and O–H groups in total. The summed E-state index contributed by atoms with van der Waals surface area (Å²) in [6.45, 7) is 0. The molecule has 0 radical (unpaired) electrons. The van der Waals surface area contributed by atoms with Crippen LogP contribution in [0.15, 0.2) is 109 Å². The second-order valence-electron chi connectivity index (χ2n) is 7.90. The maximum Gasteiger partial charge on any atom is 0.271 e. The van der Waals surface area contributed by atoms with Gasteiger partial charge >= 0.3 is 0 Å². The number of pyridine rings is 2. The maximum absolute atomic E-state index is 12.4. The minimum Gasteiger partial charge on any atom is -0.315 e. The summed E-state index contributed by atoms with van der Waals surface area (Å²) in [5.74, 6) is -0.284. The van der Waals surface area contributed by atoms with Gasteiger partial charge in [0.2, 0.25) is 0 Å². The van der Waals surface area contributed by atoms with Crippen molar-refractivity contribution >= 4 is 44.8 Å². The molecule has 3 aromatic heterocycles. The molecule has 0 unspecified atom stereocenters. The third-order valence-electron chi connectivity index (χ3n) is 5.86. The lowest BCUT2D eigenvalue weighted by Crippen LogP contribution is -2.17. The van der Waals surface area contributed by atoms with E-state index in [9.17, 15) is 4.79 Å². The first-order valence-corrected chi connectivity index (χ1v) is 10.9. The number of benzene rings is 3. The number of hydrazone groups is 1. The van der Waals surface area contributed by atoms with E-state index in [1.807, 2.05) is 48.5 Å². The van der Waals surface area contributed by atoms with E-state index in [1.54, 1.807) is 30.7 Å². The maximum atomic E-state index is 12.4. The molecule has 0 aliphatic heterocycles. The third kappa shape index (κ3) is 3.38. The molecular formula is C28H19N5O. The first-order valence-electron chi connectivity index (χ1n) is 10.9. The smallest absolute Gasteiger partial charge is 0.271 e. The Morgan fingerprint density at radius 3 is 2.12 bits per heavy atom. The summed E-state index contributed by atoms with van der Waals surface area (Å²) in [5.41, 5.74) is 8.00. The quantitative estimate of drug-likeness (QED) is 0.223. The van der Waals surface area contributed by atoms with Crippen molar-refractivity contribution in [2.75, 3.05) is 0 Å². The van der Waals surface area contributed by atoms with Crippen LogP contribution >= 0.6 is 0 Å². The Balaban J connectivity index is 1.50. The van der Waals surface area contributed by atoms with E-state index in [2.05, 4.69) is 50.5 Å². The molecule has 0 aliphatic carbocycles. The molecule has 6 heteroatoms. The van der Waals surface area contributed by atoms with E-state index in [-0.39, 0.29) is 5.91 Å². The van der Waals surface area contributed by atoms with Gasteiger partial charge in [0.1, 0.15) is 0 Å². The molecule has 0 saturated heterocycles. The summed E-state index contributed by atoms with van der Waals surface area (Å²) in [6, 6.07) is 27.8. The average molecular weight is 441 g/mol. The van der Waals surface area contributed by atoms with E-state index in [1.165, 1.54) is 0 Å². The molecule has 0 aliphatic rings. The molecule has 6 nitrogen and oxygen atoms in total. The fourth-order valence-electron chi connectivity index (χ4n) is 4.30. The van der Waals surface area contributed by atoms with Crippen molar-refractivity contribution in [1.82, 2.24) is 20.0 Å². The number of carbonyl (C=O) groups excluding carboxylic acids is 1. The monoisotopic (exact) mass is 441 g/mol. The van der Waals surface area contributed by atoms with Crippen molar-refractivity contribution < 1.29 is 4.79 Å². The number of fused-ring (bicyclic) bond motifs is 3. The molecule has 0 saturated carbocycles. The Bertz CT molecular complexity index is 1650. The number of aromatic nitrogens is 3. The lowest BCUT2D eigenvalue weighted by atomic mass is 10.1. The summed E-state index contributed by atoms with van der Waals surface area (Å²) in [5, 5.41) is 7.40. The van der Waals surface area contributed by atoms with Gasteiger partial charge < -0.3 is 4.57 Å². The number of rotatable bonds is 4. The predicted molar refractivity (Wildman–Crippen MR) is 135 cm³/mol. The largest absolute Gasteiger partial charge is 0.315 e. The Hall–Kier alpha value is -4.84. The van der Waals surface area contributed by atoms with Crippen LogP contribution in [0.1, 0.15) is 15.9 Å². The van der Waals surface area contributed by atoms with Gasteiger partial charge in [-0.15, -0.1) is 0 Å². The molecule has 0 atom stereocenters. The van der Waals surface area contributed by atoms with Crippen LogP contribution in [0.3, 0.4) is 0 Å². The molecule has 3 aromatic carbocycles. The van der Waals surface area contributed by atoms with Gasteiger partial charge in [-0.05, 0) is 30.3 Å². The zero-order valence-corrected chi connectivity index (χ0v) is 18.1. The van der Waals surface area contributed by atoms with Crippen LogP contribution in [0.2, 0.25) is 0 Å². The molecule has 0 spiro atoms. The molecule has 6 aromatic rings. The number of nitrogens with one attached hydrogen (secondary N) is 1. The van der Waals surface area contributed by atoms with E-state index in [4.69, 9.17) is 4.98 Å². The lowest BCUT2D eigenvalue weighted by molar-refractivity contribution is 0.0955. The summed E-state index contributed by atoms with van der Waals surface area (Å²) in [6.07, 6.45) is 6.90. The zero-order chi connectivity index (χ0) is 22.9. The van der Waals surface area contributed by atoms with Crippen LogP contribution in [0.5, 0.6) is 0 Å². The third-order valence-corrected chi connectivity index (χ3v) is 5.86. The van der Waals surface area contributed by atoms with Gasteiger partial charge in [-0.25, -0.2) is 10.4 Å². The minimum atomic E-state index is -0.284. The fraction of sp³-hybridized carbons (Fsp3) is 0. The Morgan fingerprint density at radius 2 is 1.41 bits per heavy atom. The van der Waals surface area contributed by atoms with E-state index in [0.29, 0.717) is 5.56 Å². The lowest BCUT2D eigenvalue weighted by Gasteiger charge is -2.13. The van der Waals surface area contributed by atoms with Crippen molar-refractivity contribution in [1.29, 1.82) is 0 Å². The van der Waals surface area contributed by atoms with Crippen molar-refractivity contribution in [3.63, 3.8) is 0 Å². The van der Waals surface area contributed by atoms with E-state index >= 15 is 0 Å². The summed E-state index contributed by atoms with van der Waals surface area (Å²) in [7, 11) is 0. The molecular weight excluding hydrogens is 422 g/mol. The van der Waals surface area contributed by atoms with Gasteiger partial charge in [-0.1, -0.05) is 54.6 Å². The SMILES string of the molecule is O=C(N/N=C/c1cn(-c2c3ccccc3nc3ccccc23)c2ccccc12)c1ccncc1. The highest BCUT2D eigenvalue weighted by atomic mass is 16.2. The molecule has 34 heavy (non-hydrogen) atoms. The Morgan fingerprint density at radius 1 is 0.794 bits per heavy atom. The molecule has 6 rings (SSSR count). The van der Waals surface area contributed by atoms with E-state index in [0.717, 1.165) is 44.0 Å². The summed E-state index contributed by atoms with van der Waals surface area (Å²) < 4.78 is 2.19. The van der Waals surface area contributed by atoms with Gasteiger partial charge in [0.25, 0.3) is 5.91 Å². The van der Waals surface area contributed by atoms with Crippen molar-refractivity contribution in [2.24, 2.45) is 5.10 Å². The number of hydrogen-bond acceptors (Lipinski definition) is 4. The van der Waals surface area contributed by atoms with Crippen LogP contribution in [0.4, 0.5) is 0 Å². The summed E-state index contributed by atoms with van der Waals surface area (Å²) in [4.78, 5) is 21.1. The molecule has 0 bridgehead atoms. The molecule has 0 fully saturated rings. The molecule has 1 amide bonds. The number of nitrogens with zero attached hydrogens (tertiary/aromatic N) is 4. The standard InChI is InChI=1S/C28H19N5O/c34-28(19-13-15-29-16-14-19)32-30-17-20-18-33(26-12-6-3-7-21(20)26)27-22-8-1-4-10-24(22)31-25-11-5-2-9-23(25)27/h1-18H,(H,32,34)/b30-17+. The number of para-hydroxylation sites is 3. The molecule has 162 valence electrons. The van der Waals surface area contributed by atoms with Crippen LogP contribution in [0, 0.1) is 0 Å². The molecule has 3 heterocycles. The van der Waals surface area contributed by atoms with Gasteiger partial charge in [0.15, 0.2) is 0 Å². The number of amides is 1.